The topological polar surface area (TPSA) is 70.7 Å². The summed E-state index contributed by atoms with van der Waals surface area (Å²) in [4.78, 5) is 18.1. The minimum absolute atomic E-state index is 0.00130. The van der Waals surface area contributed by atoms with Crippen LogP contribution in [0.1, 0.15) is 48.8 Å². The lowest BCUT2D eigenvalue weighted by Crippen LogP contribution is -2.43. The standard InChI is InChI=1S/C15H20N4O2/c1-5-15(3,4)18-7-6-10-9(2)17-12-11(14(20)21)8-16-19(12)13(10)18/h8H,5-7H2,1-4H3,(H,20,21). The van der Waals surface area contributed by atoms with Gasteiger partial charge in [0.1, 0.15) is 11.4 Å². The predicted molar refractivity (Wildman–Crippen MR) is 80.1 cm³/mol. The molecule has 21 heavy (non-hydrogen) atoms. The molecular formula is C15H20N4O2. The number of carboxylic acid groups (broad SMARTS) is 1. The van der Waals surface area contributed by atoms with Crippen molar-refractivity contribution in [1.29, 1.82) is 0 Å². The van der Waals surface area contributed by atoms with Gasteiger partial charge in [-0.1, -0.05) is 6.92 Å². The molecule has 2 aromatic heterocycles. The Morgan fingerprint density at radius 1 is 1.48 bits per heavy atom. The zero-order valence-electron chi connectivity index (χ0n) is 12.8. The highest BCUT2D eigenvalue weighted by molar-refractivity contribution is 5.94. The fourth-order valence-corrected chi connectivity index (χ4v) is 2.95. The molecule has 0 aliphatic carbocycles. The summed E-state index contributed by atoms with van der Waals surface area (Å²) in [6.07, 6.45) is 3.32. The second-order valence-corrected chi connectivity index (χ2v) is 6.17. The molecule has 3 rings (SSSR count). The van der Waals surface area contributed by atoms with E-state index in [0.717, 1.165) is 30.9 Å². The van der Waals surface area contributed by atoms with Crippen molar-refractivity contribution >= 4 is 17.4 Å². The highest BCUT2D eigenvalue weighted by atomic mass is 16.4. The number of hydrogen-bond donors (Lipinski definition) is 1. The zero-order chi connectivity index (χ0) is 15.4. The summed E-state index contributed by atoms with van der Waals surface area (Å²) in [6, 6.07) is 0. The van der Waals surface area contributed by atoms with Crippen LogP contribution in [0.15, 0.2) is 6.20 Å². The number of aryl methyl sites for hydroxylation is 1. The SMILES string of the molecule is CCC(C)(C)N1CCc2c(C)nc3c(C(=O)O)cnn3c21. The van der Waals surface area contributed by atoms with Crippen LogP contribution in [-0.2, 0) is 6.42 Å². The van der Waals surface area contributed by atoms with Gasteiger partial charge in [-0.25, -0.2) is 9.78 Å². The number of aromatic carboxylic acids is 1. The van der Waals surface area contributed by atoms with Gasteiger partial charge in [-0.15, -0.1) is 0 Å². The average Bonchev–Trinajstić information content (AvgIpc) is 3.01. The number of anilines is 1. The lowest BCUT2D eigenvalue weighted by atomic mass is 10.00. The number of hydrogen-bond acceptors (Lipinski definition) is 4. The minimum atomic E-state index is -0.990. The Bertz CT molecular complexity index is 733. The van der Waals surface area contributed by atoms with E-state index >= 15 is 0 Å². The molecule has 2 aromatic rings. The van der Waals surface area contributed by atoms with Crippen molar-refractivity contribution in [2.45, 2.75) is 46.1 Å². The fourth-order valence-electron chi connectivity index (χ4n) is 2.95. The molecule has 0 amide bonds. The Hall–Kier alpha value is -2.11. The molecule has 0 saturated carbocycles. The summed E-state index contributed by atoms with van der Waals surface area (Å²) in [5.74, 6) is 0.00741. The maximum atomic E-state index is 11.3. The molecule has 6 nitrogen and oxygen atoms in total. The Kier molecular flexibility index (Phi) is 2.93. The number of carbonyl (C=O) groups is 1. The molecule has 6 heteroatoms. The van der Waals surface area contributed by atoms with Gasteiger partial charge < -0.3 is 10.0 Å². The van der Waals surface area contributed by atoms with Crippen LogP contribution in [0.4, 0.5) is 5.82 Å². The van der Waals surface area contributed by atoms with Crippen LogP contribution in [0.25, 0.3) is 5.65 Å². The van der Waals surface area contributed by atoms with Crippen molar-refractivity contribution in [2.24, 2.45) is 0 Å². The first kappa shape index (κ1) is 13.9. The highest BCUT2D eigenvalue weighted by Crippen LogP contribution is 2.36. The van der Waals surface area contributed by atoms with Gasteiger partial charge in [0.25, 0.3) is 0 Å². The summed E-state index contributed by atoms with van der Waals surface area (Å²) in [7, 11) is 0. The lowest BCUT2D eigenvalue weighted by molar-refractivity contribution is 0.0699. The van der Waals surface area contributed by atoms with Gasteiger partial charge in [-0.05, 0) is 33.6 Å². The molecule has 0 fully saturated rings. The number of nitrogens with zero attached hydrogens (tertiary/aromatic N) is 4. The van der Waals surface area contributed by atoms with Crippen molar-refractivity contribution in [3.05, 3.63) is 23.0 Å². The van der Waals surface area contributed by atoms with E-state index in [2.05, 4.69) is 35.8 Å². The van der Waals surface area contributed by atoms with E-state index in [1.807, 2.05) is 6.92 Å². The van der Waals surface area contributed by atoms with Crippen molar-refractivity contribution < 1.29 is 9.90 Å². The van der Waals surface area contributed by atoms with Crippen LogP contribution >= 0.6 is 0 Å². The van der Waals surface area contributed by atoms with E-state index in [4.69, 9.17) is 0 Å². The van der Waals surface area contributed by atoms with E-state index in [0.29, 0.717) is 5.65 Å². The van der Waals surface area contributed by atoms with E-state index in [-0.39, 0.29) is 11.1 Å². The number of aromatic nitrogens is 3. The summed E-state index contributed by atoms with van der Waals surface area (Å²) in [5.41, 5.74) is 2.65. The molecule has 1 N–H and O–H groups in total. The first-order valence-electron chi connectivity index (χ1n) is 7.25. The molecule has 112 valence electrons. The van der Waals surface area contributed by atoms with Gasteiger partial charge in [0.15, 0.2) is 5.65 Å². The van der Waals surface area contributed by atoms with Crippen LogP contribution in [-0.4, -0.2) is 37.8 Å². The molecule has 0 atom stereocenters. The molecular weight excluding hydrogens is 268 g/mol. The minimum Gasteiger partial charge on any atom is -0.477 e. The van der Waals surface area contributed by atoms with E-state index in [9.17, 15) is 9.90 Å². The Balaban J connectivity index is 2.30. The van der Waals surface area contributed by atoms with Crippen molar-refractivity contribution in [3.8, 4) is 0 Å². The molecule has 0 spiro atoms. The molecule has 0 bridgehead atoms. The Morgan fingerprint density at radius 3 is 2.81 bits per heavy atom. The van der Waals surface area contributed by atoms with Gasteiger partial charge in [0.05, 0.1) is 6.20 Å². The van der Waals surface area contributed by atoms with E-state index in [1.54, 1.807) is 4.52 Å². The second kappa shape index (κ2) is 4.44. The Labute approximate surface area is 123 Å². The smallest absolute Gasteiger partial charge is 0.341 e. The highest BCUT2D eigenvalue weighted by Gasteiger charge is 2.35. The molecule has 0 radical (unpaired) electrons. The third-order valence-corrected chi connectivity index (χ3v) is 4.59. The number of carboxylic acids is 1. The fraction of sp³-hybridized carbons (Fsp3) is 0.533. The largest absolute Gasteiger partial charge is 0.477 e. The average molecular weight is 288 g/mol. The molecule has 0 aromatic carbocycles. The summed E-state index contributed by atoms with van der Waals surface area (Å²) in [5, 5.41) is 13.6. The number of fused-ring (bicyclic) bond motifs is 3. The van der Waals surface area contributed by atoms with Gasteiger partial charge in [-0.2, -0.15) is 9.61 Å². The molecule has 0 saturated heterocycles. The van der Waals surface area contributed by atoms with Crippen LogP contribution in [0.5, 0.6) is 0 Å². The van der Waals surface area contributed by atoms with E-state index in [1.165, 1.54) is 11.8 Å². The summed E-state index contributed by atoms with van der Waals surface area (Å²) in [6.45, 7) is 9.42. The second-order valence-electron chi connectivity index (χ2n) is 6.17. The quantitative estimate of drug-likeness (QED) is 0.938. The number of rotatable bonds is 3. The summed E-state index contributed by atoms with van der Waals surface area (Å²) >= 11 is 0. The van der Waals surface area contributed by atoms with Crippen molar-refractivity contribution in [1.82, 2.24) is 14.6 Å². The van der Waals surface area contributed by atoms with Gasteiger partial charge >= 0.3 is 5.97 Å². The van der Waals surface area contributed by atoms with Crippen molar-refractivity contribution in [3.63, 3.8) is 0 Å². The van der Waals surface area contributed by atoms with Crippen LogP contribution in [0.2, 0.25) is 0 Å². The summed E-state index contributed by atoms with van der Waals surface area (Å²) < 4.78 is 1.69. The van der Waals surface area contributed by atoms with Crippen LogP contribution in [0, 0.1) is 6.92 Å². The van der Waals surface area contributed by atoms with Crippen LogP contribution < -0.4 is 4.90 Å². The molecule has 1 aliphatic heterocycles. The molecule has 0 unspecified atom stereocenters. The van der Waals surface area contributed by atoms with Gasteiger partial charge in [0, 0.05) is 23.3 Å². The molecule has 1 aliphatic rings. The maximum Gasteiger partial charge on any atom is 0.341 e. The lowest BCUT2D eigenvalue weighted by Gasteiger charge is -2.37. The zero-order valence-corrected chi connectivity index (χ0v) is 12.8. The van der Waals surface area contributed by atoms with E-state index < -0.39 is 5.97 Å². The Morgan fingerprint density at radius 2 is 2.19 bits per heavy atom. The normalized spacial score (nSPS) is 14.8. The third kappa shape index (κ3) is 1.89. The molecule has 3 heterocycles. The van der Waals surface area contributed by atoms with Crippen molar-refractivity contribution in [2.75, 3.05) is 11.4 Å². The monoisotopic (exact) mass is 288 g/mol. The first-order valence-corrected chi connectivity index (χ1v) is 7.25. The van der Waals surface area contributed by atoms with Gasteiger partial charge in [0.2, 0.25) is 0 Å². The van der Waals surface area contributed by atoms with Gasteiger partial charge in [-0.3, -0.25) is 0 Å². The first-order chi connectivity index (χ1) is 9.86. The predicted octanol–water partition coefficient (Wildman–Crippen LogP) is 2.29. The van der Waals surface area contributed by atoms with Crippen LogP contribution in [0.3, 0.4) is 0 Å². The maximum absolute atomic E-state index is 11.3. The third-order valence-electron chi connectivity index (χ3n) is 4.59.